The predicted octanol–water partition coefficient (Wildman–Crippen LogP) is -0.317. The van der Waals surface area contributed by atoms with E-state index >= 15 is 0 Å². The fourth-order valence-corrected chi connectivity index (χ4v) is 0.264. The van der Waals surface area contributed by atoms with Crippen LogP contribution in [0.4, 0.5) is 0 Å². The van der Waals surface area contributed by atoms with Gasteiger partial charge in [0.25, 0.3) is 0 Å². The van der Waals surface area contributed by atoms with Gasteiger partial charge in [0.1, 0.15) is 12.2 Å². The molecular formula is C5H6N2O2. The average molecular weight is 126 g/mol. The van der Waals surface area contributed by atoms with Crippen LogP contribution in [0.3, 0.4) is 0 Å². The highest BCUT2D eigenvalue weighted by Gasteiger charge is 2.07. The van der Waals surface area contributed by atoms with Crippen LogP contribution in [0.2, 0.25) is 0 Å². The topological polar surface area (TPSA) is 87.1 Å². The molecule has 0 aromatic heterocycles. The molecule has 0 radical (unpaired) electrons. The zero-order chi connectivity index (χ0) is 7.28. The minimum atomic E-state index is -1.02. The Morgan fingerprint density at radius 1 is 1.89 bits per heavy atom. The van der Waals surface area contributed by atoms with Crippen molar-refractivity contribution in [2.75, 3.05) is 0 Å². The Hall–Kier alpha value is -1.50. The lowest BCUT2D eigenvalue weighted by molar-refractivity contribution is -0.109. The van der Waals surface area contributed by atoms with Crippen molar-refractivity contribution in [3.63, 3.8) is 0 Å². The Morgan fingerprint density at radius 2 is 2.44 bits per heavy atom. The molecule has 0 amide bonds. The molecule has 3 N–H and O–H groups in total. The van der Waals surface area contributed by atoms with Crippen LogP contribution in [0.5, 0.6) is 0 Å². The van der Waals surface area contributed by atoms with Gasteiger partial charge in [-0.1, -0.05) is 0 Å². The monoisotopic (exact) mass is 126 g/mol. The molecule has 0 saturated heterocycles. The largest absolute Gasteiger partial charge is 0.514 e. The summed E-state index contributed by atoms with van der Waals surface area (Å²) in [5.41, 5.74) is 4.86. The predicted molar refractivity (Wildman–Crippen MR) is 30.1 cm³/mol. The summed E-state index contributed by atoms with van der Waals surface area (Å²) < 4.78 is 0. The molecule has 0 spiro atoms. The normalized spacial score (nSPS) is 13.9. The maximum atomic E-state index is 9.88. The van der Waals surface area contributed by atoms with E-state index in [4.69, 9.17) is 16.1 Å². The second kappa shape index (κ2) is 3.50. The van der Waals surface area contributed by atoms with E-state index in [1.807, 2.05) is 0 Å². The molecule has 0 aromatic rings. The second-order valence-corrected chi connectivity index (χ2v) is 1.37. The van der Waals surface area contributed by atoms with Crippen molar-refractivity contribution in [1.29, 1.82) is 5.26 Å². The molecule has 4 heteroatoms. The Morgan fingerprint density at radius 3 is 2.56 bits per heavy atom. The highest BCUT2D eigenvalue weighted by molar-refractivity contribution is 5.62. The van der Waals surface area contributed by atoms with Gasteiger partial charge in [-0.15, -0.1) is 0 Å². The standard InChI is InChI=1S/C5H6N2O2/c6-1-4(2-8)5(7)3-9/h2-4,9H,7H2. The summed E-state index contributed by atoms with van der Waals surface area (Å²) in [4.78, 5) is 9.88. The SMILES string of the molecule is N#CC(C=O)C(N)=CO. The van der Waals surface area contributed by atoms with Gasteiger partial charge in [0.15, 0.2) is 0 Å². The maximum Gasteiger partial charge on any atom is 0.144 e. The van der Waals surface area contributed by atoms with Crippen LogP contribution >= 0.6 is 0 Å². The average Bonchev–Trinajstić information content (AvgIpc) is 1.90. The Labute approximate surface area is 52.2 Å². The minimum Gasteiger partial charge on any atom is -0.514 e. The number of nitriles is 1. The lowest BCUT2D eigenvalue weighted by atomic mass is 10.1. The fraction of sp³-hybridized carbons (Fsp3) is 0.200. The van der Waals surface area contributed by atoms with E-state index in [0.717, 1.165) is 0 Å². The highest BCUT2D eigenvalue weighted by Crippen LogP contribution is 1.97. The molecule has 0 heterocycles. The molecule has 0 aliphatic heterocycles. The van der Waals surface area contributed by atoms with E-state index in [9.17, 15) is 4.79 Å². The second-order valence-electron chi connectivity index (χ2n) is 1.37. The van der Waals surface area contributed by atoms with E-state index in [1.165, 1.54) is 0 Å². The zero-order valence-corrected chi connectivity index (χ0v) is 4.61. The van der Waals surface area contributed by atoms with E-state index in [1.54, 1.807) is 6.07 Å². The molecule has 9 heavy (non-hydrogen) atoms. The van der Waals surface area contributed by atoms with Crippen molar-refractivity contribution < 1.29 is 9.90 Å². The number of nitrogens with two attached hydrogens (primary N) is 1. The van der Waals surface area contributed by atoms with Gasteiger partial charge in [-0.2, -0.15) is 5.26 Å². The first kappa shape index (κ1) is 7.50. The van der Waals surface area contributed by atoms with E-state index in [2.05, 4.69) is 0 Å². The lowest BCUT2D eigenvalue weighted by Crippen LogP contribution is -2.10. The Kier molecular flexibility index (Phi) is 2.91. The highest BCUT2D eigenvalue weighted by atomic mass is 16.2. The van der Waals surface area contributed by atoms with Gasteiger partial charge in [0, 0.05) is 0 Å². The molecule has 1 unspecified atom stereocenters. The van der Waals surface area contributed by atoms with Gasteiger partial charge in [0.2, 0.25) is 0 Å². The summed E-state index contributed by atoms with van der Waals surface area (Å²) in [6, 6.07) is 1.58. The first-order valence-corrected chi connectivity index (χ1v) is 2.21. The van der Waals surface area contributed by atoms with Gasteiger partial charge >= 0.3 is 0 Å². The molecule has 0 aromatic carbocycles. The molecule has 0 fully saturated rings. The maximum absolute atomic E-state index is 9.88. The van der Waals surface area contributed by atoms with Crippen molar-refractivity contribution in [3.05, 3.63) is 12.0 Å². The summed E-state index contributed by atoms with van der Waals surface area (Å²) in [5.74, 6) is -1.02. The molecule has 0 aliphatic carbocycles. The van der Waals surface area contributed by atoms with E-state index < -0.39 is 5.92 Å². The number of aliphatic hydroxyl groups is 1. The number of hydrogen-bond acceptors (Lipinski definition) is 4. The third kappa shape index (κ3) is 1.82. The van der Waals surface area contributed by atoms with Crippen molar-refractivity contribution in [2.45, 2.75) is 0 Å². The fourth-order valence-electron chi connectivity index (χ4n) is 0.264. The number of carbonyl (C=O) groups excluding carboxylic acids is 1. The van der Waals surface area contributed by atoms with E-state index in [-0.39, 0.29) is 5.70 Å². The molecular weight excluding hydrogens is 120 g/mol. The van der Waals surface area contributed by atoms with Gasteiger partial charge < -0.3 is 15.6 Å². The van der Waals surface area contributed by atoms with Gasteiger partial charge in [-0.05, 0) is 0 Å². The van der Waals surface area contributed by atoms with Crippen LogP contribution in [0.15, 0.2) is 12.0 Å². The van der Waals surface area contributed by atoms with E-state index in [0.29, 0.717) is 12.5 Å². The van der Waals surface area contributed by atoms with Crippen molar-refractivity contribution in [1.82, 2.24) is 0 Å². The minimum absolute atomic E-state index is 0.132. The number of aldehydes is 1. The molecule has 0 rings (SSSR count). The molecule has 0 bridgehead atoms. The Balaban J connectivity index is 4.16. The number of hydrogen-bond donors (Lipinski definition) is 2. The van der Waals surface area contributed by atoms with Crippen LogP contribution in [0, 0.1) is 17.2 Å². The molecule has 48 valence electrons. The van der Waals surface area contributed by atoms with Crippen LogP contribution in [0.25, 0.3) is 0 Å². The molecule has 0 aliphatic rings. The van der Waals surface area contributed by atoms with Crippen LogP contribution in [-0.2, 0) is 4.79 Å². The summed E-state index contributed by atoms with van der Waals surface area (Å²) >= 11 is 0. The van der Waals surface area contributed by atoms with Crippen LogP contribution < -0.4 is 5.73 Å². The number of rotatable bonds is 2. The molecule has 1 atom stereocenters. The summed E-state index contributed by atoms with van der Waals surface area (Å²) in [6.07, 6.45) is 0.907. The summed E-state index contributed by atoms with van der Waals surface area (Å²) in [5, 5.41) is 16.3. The van der Waals surface area contributed by atoms with Gasteiger partial charge in [-0.25, -0.2) is 0 Å². The number of allylic oxidation sites excluding steroid dienone is 1. The Bertz CT molecular complexity index is 168. The van der Waals surface area contributed by atoms with Gasteiger partial charge in [0.05, 0.1) is 18.0 Å². The number of aliphatic hydroxyl groups excluding tert-OH is 1. The first-order chi connectivity index (χ1) is 4.26. The lowest BCUT2D eigenvalue weighted by Gasteiger charge is -1.95. The van der Waals surface area contributed by atoms with Crippen LogP contribution in [-0.4, -0.2) is 11.4 Å². The third-order valence-electron chi connectivity index (χ3n) is 0.783. The smallest absolute Gasteiger partial charge is 0.144 e. The van der Waals surface area contributed by atoms with Gasteiger partial charge in [-0.3, -0.25) is 0 Å². The van der Waals surface area contributed by atoms with Crippen molar-refractivity contribution in [2.24, 2.45) is 11.7 Å². The number of carbonyl (C=O) groups is 1. The molecule has 0 saturated carbocycles. The summed E-state index contributed by atoms with van der Waals surface area (Å²) in [6.45, 7) is 0. The number of nitrogens with zero attached hydrogens (tertiary/aromatic N) is 1. The quantitative estimate of drug-likeness (QED) is 0.392. The first-order valence-electron chi connectivity index (χ1n) is 2.21. The van der Waals surface area contributed by atoms with Crippen molar-refractivity contribution >= 4 is 6.29 Å². The summed E-state index contributed by atoms with van der Waals surface area (Å²) in [7, 11) is 0. The van der Waals surface area contributed by atoms with Crippen molar-refractivity contribution in [3.8, 4) is 6.07 Å². The van der Waals surface area contributed by atoms with Crippen LogP contribution in [0.1, 0.15) is 0 Å². The zero-order valence-electron chi connectivity index (χ0n) is 4.61. The molecule has 4 nitrogen and oxygen atoms in total. The third-order valence-corrected chi connectivity index (χ3v) is 0.783.